The molecule has 160 valence electrons. The van der Waals surface area contributed by atoms with Gasteiger partial charge in [-0.2, -0.15) is 9.78 Å². The third-order valence-corrected chi connectivity index (χ3v) is 5.07. The second kappa shape index (κ2) is 8.06. The second-order valence-electron chi connectivity index (χ2n) is 7.34. The lowest BCUT2D eigenvalue weighted by atomic mass is 10.2. The van der Waals surface area contributed by atoms with Gasteiger partial charge >= 0.3 is 0 Å². The van der Waals surface area contributed by atoms with Crippen molar-refractivity contribution in [2.24, 2.45) is 0 Å². The zero-order valence-corrected chi connectivity index (χ0v) is 17.8. The average molecular weight is 426 g/mol. The van der Waals surface area contributed by atoms with E-state index in [1.807, 2.05) is 41.8 Å². The van der Waals surface area contributed by atoms with Crippen LogP contribution in [0.5, 0.6) is 0 Å². The van der Waals surface area contributed by atoms with E-state index in [4.69, 9.17) is 15.7 Å². The van der Waals surface area contributed by atoms with Gasteiger partial charge in [-0.3, -0.25) is 4.98 Å². The molecule has 0 spiro atoms. The molecule has 0 saturated heterocycles. The number of nitrogens with one attached hydrogen (secondary N) is 1. The monoisotopic (exact) mass is 426 g/mol. The second-order valence-corrected chi connectivity index (χ2v) is 7.34. The lowest BCUT2D eigenvalue weighted by Crippen LogP contribution is -2.07. The molecule has 0 fully saturated rings. The SMILES string of the molecule is CCn1cnc2c(NCc3ccc(-n4nc(C)cc4N)nc3)nc(-c3cccnc3)nc21. The molecule has 32 heavy (non-hydrogen) atoms. The Balaban J connectivity index is 1.44. The Morgan fingerprint density at radius 2 is 2.00 bits per heavy atom. The normalized spacial score (nSPS) is 11.2. The van der Waals surface area contributed by atoms with E-state index in [0.29, 0.717) is 29.8 Å². The van der Waals surface area contributed by atoms with Gasteiger partial charge in [-0.1, -0.05) is 6.07 Å². The Bertz CT molecular complexity index is 1370. The van der Waals surface area contributed by atoms with E-state index in [0.717, 1.165) is 34.5 Å². The molecule has 5 aromatic heterocycles. The minimum atomic E-state index is 0.526. The van der Waals surface area contributed by atoms with Crippen molar-refractivity contribution < 1.29 is 0 Å². The van der Waals surface area contributed by atoms with Gasteiger partial charge in [0.05, 0.1) is 12.0 Å². The fourth-order valence-electron chi connectivity index (χ4n) is 3.46. The van der Waals surface area contributed by atoms with E-state index >= 15 is 0 Å². The van der Waals surface area contributed by atoms with Crippen LogP contribution < -0.4 is 11.1 Å². The number of nitrogens with two attached hydrogens (primary N) is 1. The number of hydrogen-bond acceptors (Lipinski definition) is 8. The molecule has 5 heterocycles. The predicted octanol–water partition coefficient (Wildman–Crippen LogP) is 2.99. The van der Waals surface area contributed by atoms with Crippen molar-refractivity contribution in [3.05, 3.63) is 66.5 Å². The summed E-state index contributed by atoms with van der Waals surface area (Å²) in [5.41, 5.74) is 10.2. The smallest absolute Gasteiger partial charge is 0.166 e. The number of nitrogens with zero attached hydrogens (tertiary/aromatic N) is 8. The van der Waals surface area contributed by atoms with Crippen molar-refractivity contribution in [1.82, 2.24) is 39.3 Å². The number of fused-ring (bicyclic) bond motifs is 1. The Morgan fingerprint density at radius 1 is 1.09 bits per heavy atom. The molecule has 0 atom stereocenters. The number of nitrogen functional groups attached to an aromatic ring is 1. The van der Waals surface area contributed by atoms with Crippen molar-refractivity contribution in [2.75, 3.05) is 11.1 Å². The van der Waals surface area contributed by atoms with Gasteiger partial charge in [-0.25, -0.2) is 19.9 Å². The summed E-state index contributed by atoms with van der Waals surface area (Å²) in [4.78, 5) is 22.7. The highest BCUT2D eigenvalue weighted by Gasteiger charge is 2.14. The zero-order valence-electron chi connectivity index (χ0n) is 17.8. The maximum Gasteiger partial charge on any atom is 0.166 e. The number of anilines is 2. The van der Waals surface area contributed by atoms with Gasteiger partial charge in [0.25, 0.3) is 0 Å². The molecule has 0 amide bonds. The van der Waals surface area contributed by atoms with E-state index in [2.05, 4.69) is 32.3 Å². The fourth-order valence-corrected chi connectivity index (χ4v) is 3.46. The number of aryl methyl sites for hydroxylation is 2. The number of hydrogen-bond donors (Lipinski definition) is 2. The molecule has 10 nitrogen and oxygen atoms in total. The number of pyridine rings is 2. The molecule has 0 radical (unpaired) electrons. The van der Waals surface area contributed by atoms with Crippen molar-refractivity contribution in [2.45, 2.75) is 26.9 Å². The van der Waals surface area contributed by atoms with Crippen molar-refractivity contribution in [3.63, 3.8) is 0 Å². The van der Waals surface area contributed by atoms with E-state index in [-0.39, 0.29) is 0 Å². The molecule has 0 unspecified atom stereocenters. The first kappa shape index (κ1) is 19.6. The molecule has 0 aliphatic rings. The van der Waals surface area contributed by atoms with Crippen LogP contribution >= 0.6 is 0 Å². The van der Waals surface area contributed by atoms with Crippen LogP contribution in [-0.4, -0.2) is 39.3 Å². The van der Waals surface area contributed by atoms with Gasteiger partial charge in [-0.15, -0.1) is 0 Å². The molecular formula is C22H22N10. The van der Waals surface area contributed by atoms with E-state index in [9.17, 15) is 0 Å². The zero-order chi connectivity index (χ0) is 22.1. The first-order valence-corrected chi connectivity index (χ1v) is 10.3. The quantitative estimate of drug-likeness (QED) is 0.424. The third kappa shape index (κ3) is 3.62. The average Bonchev–Trinajstić information content (AvgIpc) is 3.40. The molecule has 3 N–H and O–H groups in total. The summed E-state index contributed by atoms with van der Waals surface area (Å²) in [6, 6.07) is 9.50. The van der Waals surface area contributed by atoms with Crippen LogP contribution in [0.15, 0.2) is 55.2 Å². The highest BCUT2D eigenvalue weighted by Crippen LogP contribution is 2.24. The summed E-state index contributed by atoms with van der Waals surface area (Å²) in [5, 5.41) is 7.76. The van der Waals surface area contributed by atoms with Crippen molar-refractivity contribution in [1.29, 1.82) is 0 Å². The van der Waals surface area contributed by atoms with E-state index < -0.39 is 0 Å². The molecule has 5 rings (SSSR count). The molecule has 0 bridgehead atoms. The first-order valence-electron chi connectivity index (χ1n) is 10.3. The Hall–Kier alpha value is -4.34. The van der Waals surface area contributed by atoms with Crippen LogP contribution in [0, 0.1) is 6.92 Å². The topological polar surface area (TPSA) is 125 Å². The molecule has 0 aliphatic carbocycles. The minimum absolute atomic E-state index is 0.526. The Kier molecular flexibility index (Phi) is 4.94. The summed E-state index contributed by atoms with van der Waals surface area (Å²) in [5.74, 6) is 2.49. The van der Waals surface area contributed by atoms with Gasteiger partial charge < -0.3 is 15.6 Å². The summed E-state index contributed by atoms with van der Waals surface area (Å²) in [7, 11) is 0. The lowest BCUT2D eigenvalue weighted by molar-refractivity contribution is 0.777. The number of aromatic nitrogens is 8. The van der Waals surface area contributed by atoms with Gasteiger partial charge in [0.15, 0.2) is 23.1 Å². The van der Waals surface area contributed by atoms with Crippen LogP contribution in [0.4, 0.5) is 11.6 Å². The van der Waals surface area contributed by atoms with Crippen LogP contribution in [0.2, 0.25) is 0 Å². The van der Waals surface area contributed by atoms with Crippen LogP contribution in [0.1, 0.15) is 18.2 Å². The standard InChI is InChI=1S/C22H22N10/c1-3-31-13-27-19-21(28-20(29-22(19)31)16-5-4-8-24-12-16)26-11-15-6-7-18(25-10-15)32-17(23)9-14(2)30-32/h4-10,12-13H,3,11,23H2,1-2H3,(H,26,28,29). The largest absolute Gasteiger partial charge is 0.384 e. The number of imidazole rings is 1. The molecule has 0 saturated carbocycles. The third-order valence-electron chi connectivity index (χ3n) is 5.07. The lowest BCUT2D eigenvalue weighted by Gasteiger charge is -2.10. The minimum Gasteiger partial charge on any atom is -0.384 e. The van der Waals surface area contributed by atoms with Crippen molar-refractivity contribution in [3.8, 4) is 17.2 Å². The molecular weight excluding hydrogens is 404 g/mol. The van der Waals surface area contributed by atoms with Crippen LogP contribution in [-0.2, 0) is 13.1 Å². The predicted molar refractivity (Wildman–Crippen MR) is 122 cm³/mol. The highest BCUT2D eigenvalue weighted by atomic mass is 15.3. The fraction of sp³-hybridized carbons (Fsp3) is 0.182. The van der Waals surface area contributed by atoms with Crippen LogP contribution in [0.25, 0.3) is 28.4 Å². The first-order chi connectivity index (χ1) is 15.6. The van der Waals surface area contributed by atoms with Gasteiger partial charge in [-0.05, 0) is 37.6 Å². The van der Waals surface area contributed by atoms with Gasteiger partial charge in [0.1, 0.15) is 11.3 Å². The molecule has 10 heteroatoms. The molecule has 0 aliphatic heterocycles. The van der Waals surface area contributed by atoms with Crippen LogP contribution in [0.3, 0.4) is 0 Å². The molecule has 5 aromatic rings. The van der Waals surface area contributed by atoms with Gasteiger partial charge in [0, 0.05) is 43.3 Å². The van der Waals surface area contributed by atoms with E-state index in [1.165, 1.54) is 0 Å². The van der Waals surface area contributed by atoms with E-state index in [1.54, 1.807) is 29.6 Å². The maximum atomic E-state index is 6.00. The highest BCUT2D eigenvalue weighted by molar-refractivity contribution is 5.85. The summed E-state index contributed by atoms with van der Waals surface area (Å²) >= 11 is 0. The summed E-state index contributed by atoms with van der Waals surface area (Å²) < 4.78 is 3.62. The molecule has 0 aromatic carbocycles. The van der Waals surface area contributed by atoms with Crippen molar-refractivity contribution >= 4 is 22.8 Å². The van der Waals surface area contributed by atoms with Gasteiger partial charge in [0.2, 0.25) is 0 Å². The Morgan fingerprint density at radius 3 is 2.69 bits per heavy atom. The maximum absolute atomic E-state index is 6.00. The summed E-state index contributed by atoms with van der Waals surface area (Å²) in [6.45, 7) is 5.24. The number of rotatable bonds is 6. The Labute approximate surface area is 184 Å². The summed E-state index contributed by atoms with van der Waals surface area (Å²) in [6.07, 6.45) is 7.06.